The zero-order valence-corrected chi connectivity index (χ0v) is 7.75. The van der Waals surface area contributed by atoms with E-state index in [4.69, 9.17) is 10.5 Å². The van der Waals surface area contributed by atoms with Gasteiger partial charge >= 0.3 is 5.97 Å². The first-order valence-corrected chi connectivity index (χ1v) is 4.55. The Morgan fingerprint density at radius 3 is 2.58 bits per heavy atom. The number of carbonyl (C=O) groups is 1. The number of carbonyl (C=O) groups excluding carboxylic acids is 1. The average molecular weight is 171 g/mol. The third-order valence-electron chi connectivity index (χ3n) is 1.84. The molecule has 0 radical (unpaired) electrons. The highest BCUT2D eigenvalue weighted by Crippen LogP contribution is 2.24. The van der Waals surface area contributed by atoms with Gasteiger partial charge < -0.3 is 10.5 Å². The van der Waals surface area contributed by atoms with Gasteiger partial charge in [-0.3, -0.25) is 4.79 Å². The predicted octanol–water partition coefficient (Wildman–Crippen LogP) is 1.07. The molecule has 0 spiro atoms. The van der Waals surface area contributed by atoms with Crippen LogP contribution in [0.1, 0.15) is 33.1 Å². The minimum atomic E-state index is -0.425. The second-order valence-corrected chi connectivity index (χ2v) is 3.87. The Balaban J connectivity index is 2.19. The number of rotatable bonds is 4. The van der Waals surface area contributed by atoms with E-state index in [2.05, 4.69) is 0 Å². The number of ether oxygens (including phenoxy) is 1. The van der Waals surface area contributed by atoms with E-state index in [0.29, 0.717) is 12.3 Å². The van der Waals surface area contributed by atoms with Crippen molar-refractivity contribution in [3.05, 3.63) is 0 Å². The monoisotopic (exact) mass is 171 g/mol. The Labute approximate surface area is 73.3 Å². The normalized spacial score (nSPS) is 19.3. The summed E-state index contributed by atoms with van der Waals surface area (Å²) in [5.74, 6) is 0.220. The van der Waals surface area contributed by atoms with Crippen LogP contribution >= 0.6 is 0 Å². The largest absolute Gasteiger partial charge is 0.461 e. The zero-order chi connectivity index (χ0) is 9.14. The molecule has 0 unspecified atom stereocenters. The van der Waals surface area contributed by atoms with Gasteiger partial charge in [-0.2, -0.15) is 0 Å². The van der Waals surface area contributed by atoms with Crippen LogP contribution in [0, 0.1) is 5.92 Å². The molecule has 1 fully saturated rings. The fourth-order valence-corrected chi connectivity index (χ4v) is 1.04. The standard InChI is InChI=1S/C9H17NO2/c1-6(2)5-8(10)9(11)12-7-3-4-7/h6-8H,3-5,10H2,1-2H3/t8-/m0/s1. The molecule has 1 aliphatic carbocycles. The van der Waals surface area contributed by atoms with Crippen molar-refractivity contribution in [2.24, 2.45) is 11.7 Å². The van der Waals surface area contributed by atoms with E-state index < -0.39 is 6.04 Å². The van der Waals surface area contributed by atoms with E-state index in [9.17, 15) is 4.79 Å². The maximum Gasteiger partial charge on any atom is 0.323 e. The van der Waals surface area contributed by atoms with Gasteiger partial charge in [-0.1, -0.05) is 13.8 Å². The van der Waals surface area contributed by atoms with Gasteiger partial charge in [0.1, 0.15) is 12.1 Å². The second kappa shape index (κ2) is 3.90. The lowest BCUT2D eigenvalue weighted by Crippen LogP contribution is -2.33. The number of nitrogens with two attached hydrogens (primary N) is 1. The van der Waals surface area contributed by atoms with Crippen LogP contribution in [0.2, 0.25) is 0 Å². The molecular weight excluding hydrogens is 154 g/mol. The molecule has 1 rings (SSSR count). The Hall–Kier alpha value is -0.570. The zero-order valence-electron chi connectivity index (χ0n) is 7.75. The second-order valence-electron chi connectivity index (χ2n) is 3.87. The maximum absolute atomic E-state index is 11.2. The average Bonchev–Trinajstić information content (AvgIpc) is 2.70. The van der Waals surface area contributed by atoms with Crippen molar-refractivity contribution in [3.8, 4) is 0 Å². The summed E-state index contributed by atoms with van der Waals surface area (Å²) in [5.41, 5.74) is 5.62. The molecule has 0 aromatic rings. The molecule has 0 saturated heterocycles. The Bertz CT molecular complexity index is 164. The maximum atomic E-state index is 11.2. The van der Waals surface area contributed by atoms with E-state index in [1.165, 1.54) is 0 Å². The van der Waals surface area contributed by atoms with Crippen LogP contribution in [0.5, 0.6) is 0 Å². The van der Waals surface area contributed by atoms with E-state index in [-0.39, 0.29) is 12.1 Å². The predicted molar refractivity (Wildman–Crippen MR) is 46.5 cm³/mol. The number of hydrogen-bond acceptors (Lipinski definition) is 3. The summed E-state index contributed by atoms with van der Waals surface area (Å²) in [6, 6.07) is -0.425. The fraction of sp³-hybridized carbons (Fsp3) is 0.889. The SMILES string of the molecule is CC(C)C[C@H](N)C(=O)OC1CC1. The highest BCUT2D eigenvalue weighted by atomic mass is 16.5. The minimum Gasteiger partial charge on any atom is -0.461 e. The Morgan fingerprint density at radius 2 is 2.17 bits per heavy atom. The molecule has 1 atom stereocenters. The number of hydrogen-bond donors (Lipinski definition) is 1. The van der Waals surface area contributed by atoms with Crippen LogP contribution in [0.15, 0.2) is 0 Å². The smallest absolute Gasteiger partial charge is 0.323 e. The highest BCUT2D eigenvalue weighted by Gasteiger charge is 2.28. The highest BCUT2D eigenvalue weighted by molar-refractivity contribution is 5.75. The first kappa shape index (κ1) is 9.52. The topological polar surface area (TPSA) is 52.3 Å². The molecule has 12 heavy (non-hydrogen) atoms. The lowest BCUT2D eigenvalue weighted by Gasteiger charge is -2.12. The molecule has 2 N–H and O–H groups in total. The van der Waals surface area contributed by atoms with Crippen LogP contribution in [-0.2, 0) is 9.53 Å². The Kier molecular flexibility index (Phi) is 3.09. The van der Waals surface area contributed by atoms with Crippen molar-refractivity contribution in [1.82, 2.24) is 0 Å². The summed E-state index contributed by atoms with van der Waals surface area (Å²) in [6.45, 7) is 4.09. The molecule has 0 aromatic carbocycles. The summed E-state index contributed by atoms with van der Waals surface area (Å²) in [7, 11) is 0. The molecule has 3 nitrogen and oxygen atoms in total. The lowest BCUT2D eigenvalue weighted by molar-refractivity contribution is -0.146. The third-order valence-corrected chi connectivity index (χ3v) is 1.84. The summed E-state index contributed by atoms with van der Waals surface area (Å²) in [6.07, 6.45) is 2.92. The van der Waals surface area contributed by atoms with Gasteiger partial charge in [-0.05, 0) is 25.2 Å². The van der Waals surface area contributed by atoms with Gasteiger partial charge in [0.05, 0.1) is 0 Å². The van der Waals surface area contributed by atoms with Gasteiger partial charge in [0.15, 0.2) is 0 Å². The lowest BCUT2D eigenvalue weighted by atomic mass is 10.1. The molecule has 1 aliphatic rings. The van der Waals surface area contributed by atoms with Gasteiger partial charge in [-0.25, -0.2) is 0 Å². The van der Waals surface area contributed by atoms with Gasteiger partial charge in [-0.15, -0.1) is 0 Å². The molecule has 0 heterocycles. The van der Waals surface area contributed by atoms with Crippen molar-refractivity contribution in [1.29, 1.82) is 0 Å². The quantitative estimate of drug-likeness (QED) is 0.643. The van der Waals surface area contributed by atoms with E-state index in [1.807, 2.05) is 13.8 Å². The van der Waals surface area contributed by atoms with E-state index in [1.54, 1.807) is 0 Å². The summed E-state index contributed by atoms with van der Waals surface area (Å²) >= 11 is 0. The molecule has 0 aromatic heterocycles. The van der Waals surface area contributed by atoms with Crippen LogP contribution in [-0.4, -0.2) is 18.1 Å². The van der Waals surface area contributed by atoms with Gasteiger partial charge in [0, 0.05) is 0 Å². The molecule has 0 aliphatic heterocycles. The van der Waals surface area contributed by atoms with Crippen molar-refractivity contribution >= 4 is 5.97 Å². The van der Waals surface area contributed by atoms with Crippen molar-refractivity contribution < 1.29 is 9.53 Å². The minimum absolute atomic E-state index is 0.177. The first-order chi connectivity index (χ1) is 5.59. The van der Waals surface area contributed by atoms with E-state index >= 15 is 0 Å². The summed E-state index contributed by atoms with van der Waals surface area (Å²) in [5, 5.41) is 0. The van der Waals surface area contributed by atoms with Gasteiger partial charge in [0.25, 0.3) is 0 Å². The molecule has 0 amide bonds. The van der Waals surface area contributed by atoms with E-state index in [0.717, 1.165) is 12.8 Å². The summed E-state index contributed by atoms with van der Waals surface area (Å²) in [4.78, 5) is 11.2. The van der Waals surface area contributed by atoms with Crippen molar-refractivity contribution in [2.75, 3.05) is 0 Å². The van der Waals surface area contributed by atoms with Crippen LogP contribution in [0.4, 0.5) is 0 Å². The third kappa shape index (κ3) is 3.22. The molecule has 0 bridgehead atoms. The molecule has 3 heteroatoms. The molecule has 1 saturated carbocycles. The van der Waals surface area contributed by atoms with Gasteiger partial charge in [0.2, 0.25) is 0 Å². The van der Waals surface area contributed by atoms with Crippen LogP contribution in [0.25, 0.3) is 0 Å². The first-order valence-electron chi connectivity index (χ1n) is 4.55. The van der Waals surface area contributed by atoms with Crippen molar-refractivity contribution in [3.63, 3.8) is 0 Å². The van der Waals surface area contributed by atoms with Crippen LogP contribution in [0.3, 0.4) is 0 Å². The number of esters is 1. The fourth-order valence-electron chi connectivity index (χ4n) is 1.04. The summed E-state index contributed by atoms with van der Waals surface area (Å²) < 4.78 is 5.06. The Morgan fingerprint density at radius 1 is 1.58 bits per heavy atom. The molecular formula is C9H17NO2. The van der Waals surface area contributed by atoms with Crippen LogP contribution < -0.4 is 5.73 Å². The molecule has 70 valence electrons. The van der Waals surface area contributed by atoms with Crippen molar-refractivity contribution in [2.45, 2.75) is 45.3 Å².